The van der Waals surface area contributed by atoms with Crippen molar-refractivity contribution < 1.29 is 0 Å². The van der Waals surface area contributed by atoms with Gasteiger partial charge in [0.15, 0.2) is 5.96 Å². The molecule has 114 valence electrons. The summed E-state index contributed by atoms with van der Waals surface area (Å²) in [5, 5.41) is 7.15. The quantitative estimate of drug-likeness (QED) is 0.610. The first-order chi connectivity index (χ1) is 9.85. The Kier molecular flexibility index (Phi) is 5.10. The van der Waals surface area contributed by atoms with Gasteiger partial charge in [0.1, 0.15) is 0 Å². The molecule has 0 aromatic heterocycles. The highest BCUT2D eigenvalue weighted by Gasteiger charge is 2.34. The van der Waals surface area contributed by atoms with Gasteiger partial charge in [0, 0.05) is 38.8 Å². The van der Waals surface area contributed by atoms with E-state index in [1.54, 1.807) is 0 Å². The Balaban J connectivity index is 1.38. The number of hydrogen-bond acceptors (Lipinski definition) is 3. The zero-order valence-electron chi connectivity index (χ0n) is 12.6. The molecule has 3 rings (SSSR count). The van der Waals surface area contributed by atoms with E-state index in [-0.39, 0.29) is 0 Å². The van der Waals surface area contributed by atoms with E-state index in [9.17, 15) is 0 Å². The lowest BCUT2D eigenvalue weighted by Crippen LogP contribution is -2.46. The highest BCUT2D eigenvalue weighted by Crippen LogP contribution is 2.29. The maximum atomic E-state index is 4.39. The predicted octanol–water partition coefficient (Wildman–Crippen LogP) is 1.53. The normalized spacial score (nSPS) is 29.6. The van der Waals surface area contributed by atoms with Crippen LogP contribution in [0.5, 0.6) is 0 Å². The van der Waals surface area contributed by atoms with Crippen LogP contribution in [0.2, 0.25) is 0 Å². The number of nitrogens with zero attached hydrogens (tertiary/aromatic N) is 2. The Bertz CT molecular complexity index is 337. The van der Waals surface area contributed by atoms with Gasteiger partial charge >= 0.3 is 0 Å². The van der Waals surface area contributed by atoms with Crippen LogP contribution in [0, 0.1) is 5.92 Å². The van der Waals surface area contributed by atoms with Gasteiger partial charge in [-0.15, -0.1) is 0 Å². The zero-order valence-corrected chi connectivity index (χ0v) is 13.4. The number of nitrogens with one attached hydrogen (secondary N) is 2. The molecule has 0 amide bonds. The molecular formula is C15H28N4S. The van der Waals surface area contributed by atoms with Crippen LogP contribution in [0.3, 0.4) is 0 Å². The fourth-order valence-electron chi connectivity index (χ4n) is 3.26. The van der Waals surface area contributed by atoms with E-state index >= 15 is 0 Å². The van der Waals surface area contributed by atoms with Crippen LogP contribution in [0.1, 0.15) is 32.1 Å². The van der Waals surface area contributed by atoms with E-state index in [4.69, 9.17) is 0 Å². The van der Waals surface area contributed by atoms with Gasteiger partial charge in [0.2, 0.25) is 0 Å². The molecule has 3 fully saturated rings. The van der Waals surface area contributed by atoms with Crippen molar-refractivity contribution in [2.45, 2.75) is 44.2 Å². The van der Waals surface area contributed by atoms with Gasteiger partial charge < -0.3 is 10.6 Å². The Morgan fingerprint density at radius 2 is 2.00 bits per heavy atom. The van der Waals surface area contributed by atoms with Gasteiger partial charge in [-0.1, -0.05) is 0 Å². The number of rotatable bonds is 4. The number of thioether (sulfide) groups is 1. The second-order valence-corrected chi connectivity index (χ2v) is 7.59. The second kappa shape index (κ2) is 7.03. The zero-order chi connectivity index (χ0) is 13.8. The van der Waals surface area contributed by atoms with Crippen LogP contribution in [0.4, 0.5) is 0 Å². The maximum Gasteiger partial charge on any atom is 0.191 e. The molecule has 1 unspecified atom stereocenters. The molecule has 0 aromatic rings. The first-order valence-electron chi connectivity index (χ1n) is 8.14. The average Bonchev–Trinajstić information content (AvgIpc) is 3.24. The lowest BCUT2D eigenvalue weighted by molar-refractivity contribution is 0.321. The molecule has 0 bridgehead atoms. The lowest BCUT2D eigenvalue weighted by Gasteiger charge is -2.24. The van der Waals surface area contributed by atoms with Gasteiger partial charge in [-0.05, 0) is 49.5 Å². The Morgan fingerprint density at radius 1 is 1.20 bits per heavy atom. The number of aliphatic imine (C=N–C) groups is 1. The second-order valence-electron chi connectivity index (χ2n) is 6.36. The van der Waals surface area contributed by atoms with E-state index in [0.29, 0.717) is 6.04 Å². The van der Waals surface area contributed by atoms with Crippen molar-refractivity contribution in [3.63, 3.8) is 0 Å². The fourth-order valence-corrected chi connectivity index (χ4v) is 4.46. The molecule has 2 aliphatic heterocycles. The number of likely N-dealkylation sites (tertiary alicyclic amines) is 1. The Morgan fingerprint density at radius 3 is 2.70 bits per heavy atom. The van der Waals surface area contributed by atoms with Crippen molar-refractivity contribution in [1.82, 2.24) is 15.5 Å². The molecule has 4 nitrogen and oxygen atoms in total. The summed E-state index contributed by atoms with van der Waals surface area (Å²) < 4.78 is 0. The third-order valence-corrected chi connectivity index (χ3v) is 5.80. The molecule has 5 heteroatoms. The van der Waals surface area contributed by atoms with Crippen molar-refractivity contribution in [3.8, 4) is 0 Å². The van der Waals surface area contributed by atoms with Crippen LogP contribution >= 0.6 is 11.8 Å². The summed E-state index contributed by atoms with van der Waals surface area (Å²) in [5.74, 6) is 4.50. The van der Waals surface area contributed by atoms with E-state index in [2.05, 4.69) is 32.3 Å². The minimum atomic E-state index is 0.587. The molecule has 0 radical (unpaired) electrons. The third-order valence-electron chi connectivity index (χ3n) is 4.75. The van der Waals surface area contributed by atoms with Crippen molar-refractivity contribution in [3.05, 3.63) is 0 Å². The molecule has 0 aromatic carbocycles. The van der Waals surface area contributed by atoms with Crippen molar-refractivity contribution >= 4 is 17.7 Å². The SMILES string of the molecule is CN=C(NCC1CCSCC1)NC1CCN(C2CC2)C1. The molecule has 1 atom stereocenters. The Hall–Kier alpha value is -0.420. The predicted molar refractivity (Wildman–Crippen MR) is 87.5 cm³/mol. The fraction of sp³-hybridized carbons (Fsp3) is 0.933. The largest absolute Gasteiger partial charge is 0.356 e. The van der Waals surface area contributed by atoms with Crippen LogP contribution in [0.25, 0.3) is 0 Å². The Labute approximate surface area is 127 Å². The molecule has 3 aliphatic rings. The molecule has 2 N–H and O–H groups in total. The smallest absolute Gasteiger partial charge is 0.191 e. The lowest BCUT2D eigenvalue weighted by atomic mass is 10.0. The van der Waals surface area contributed by atoms with Crippen LogP contribution in [0.15, 0.2) is 4.99 Å². The molecule has 1 saturated carbocycles. The first kappa shape index (κ1) is 14.5. The third kappa shape index (κ3) is 4.04. The number of hydrogen-bond donors (Lipinski definition) is 2. The molecule has 2 heterocycles. The van der Waals surface area contributed by atoms with Gasteiger partial charge in [0.05, 0.1) is 0 Å². The van der Waals surface area contributed by atoms with Crippen LogP contribution in [-0.2, 0) is 0 Å². The molecular weight excluding hydrogens is 268 g/mol. The van der Waals surface area contributed by atoms with Gasteiger partial charge in [-0.2, -0.15) is 11.8 Å². The molecule has 0 spiro atoms. The monoisotopic (exact) mass is 296 g/mol. The summed E-state index contributed by atoms with van der Waals surface area (Å²) in [6.07, 6.45) is 6.80. The van der Waals surface area contributed by atoms with Gasteiger partial charge in [-0.25, -0.2) is 0 Å². The van der Waals surface area contributed by atoms with E-state index in [1.807, 2.05) is 7.05 Å². The summed E-state index contributed by atoms with van der Waals surface area (Å²) in [7, 11) is 1.89. The highest BCUT2D eigenvalue weighted by atomic mass is 32.2. The first-order valence-corrected chi connectivity index (χ1v) is 9.29. The van der Waals surface area contributed by atoms with E-state index in [1.165, 1.54) is 56.7 Å². The summed E-state index contributed by atoms with van der Waals surface area (Å²) in [5.41, 5.74) is 0. The van der Waals surface area contributed by atoms with Crippen molar-refractivity contribution in [1.29, 1.82) is 0 Å². The standard InChI is InChI=1S/C15H28N4S/c1-16-15(17-10-12-5-8-20-9-6-12)18-13-4-7-19(11-13)14-2-3-14/h12-14H,2-11H2,1H3,(H2,16,17,18). The van der Waals surface area contributed by atoms with Crippen LogP contribution < -0.4 is 10.6 Å². The number of guanidine groups is 1. The van der Waals surface area contributed by atoms with E-state index < -0.39 is 0 Å². The van der Waals surface area contributed by atoms with Gasteiger partial charge in [-0.3, -0.25) is 9.89 Å². The van der Waals surface area contributed by atoms with E-state index in [0.717, 1.165) is 24.5 Å². The average molecular weight is 296 g/mol. The summed E-state index contributed by atoms with van der Waals surface area (Å²) in [4.78, 5) is 7.03. The van der Waals surface area contributed by atoms with Crippen molar-refractivity contribution in [2.24, 2.45) is 10.9 Å². The maximum absolute atomic E-state index is 4.39. The van der Waals surface area contributed by atoms with Crippen LogP contribution in [-0.4, -0.2) is 61.1 Å². The summed E-state index contributed by atoms with van der Waals surface area (Å²) >= 11 is 2.09. The van der Waals surface area contributed by atoms with Gasteiger partial charge in [0.25, 0.3) is 0 Å². The topological polar surface area (TPSA) is 39.7 Å². The minimum absolute atomic E-state index is 0.587. The highest BCUT2D eigenvalue weighted by molar-refractivity contribution is 7.99. The summed E-state index contributed by atoms with van der Waals surface area (Å²) in [6.45, 7) is 3.55. The molecule has 1 aliphatic carbocycles. The molecule has 20 heavy (non-hydrogen) atoms. The molecule has 2 saturated heterocycles. The van der Waals surface area contributed by atoms with Crippen molar-refractivity contribution in [2.75, 3.05) is 38.2 Å². The summed E-state index contributed by atoms with van der Waals surface area (Å²) in [6, 6.07) is 1.49. The minimum Gasteiger partial charge on any atom is -0.356 e.